The first-order chi connectivity index (χ1) is 16.6. The zero-order valence-corrected chi connectivity index (χ0v) is 20.9. The molecular formula is C29H44N2O3. The molecule has 0 saturated heterocycles. The quantitative estimate of drug-likeness (QED) is 0.204. The molecule has 0 unspecified atom stereocenters. The Balaban J connectivity index is 1.22. The summed E-state index contributed by atoms with van der Waals surface area (Å²) in [6, 6.07) is 11.7. The molecule has 0 radical (unpaired) electrons. The molecule has 5 nitrogen and oxygen atoms in total. The Hall–Kier alpha value is -2.24. The standard InChI is InChI=1S/C29H44N2O3/c1-2-19-31(25-13-14-26-24(22-25)10-9-11-27(26)32)20-8-6-4-3-5-7-17-30-18-16-23-12-15-28(33)29(34)21-23/h9-12,15,21,25,30,32-34H,2-8,13-14,16-20,22H2,1H3/t25-/m0/s1. The van der Waals surface area contributed by atoms with Crippen molar-refractivity contribution < 1.29 is 15.3 Å². The van der Waals surface area contributed by atoms with E-state index in [-0.39, 0.29) is 11.5 Å². The van der Waals surface area contributed by atoms with Gasteiger partial charge in [0.15, 0.2) is 11.5 Å². The number of unbranched alkanes of at least 4 members (excludes halogenated alkanes) is 5. The van der Waals surface area contributed by atoms with Gasteiger partial charge in [-0.1, -0.05) is 50.8 Å². The number of nitrogens with one attached hydrogen (secondary N) is 1. The molecule has 0 saturated carbocycles. The van der Waals surface area contributed by atoms with Gasteiger partial charge in [-0.15, -0.1) is 0 Å². The van der Waals surface area contributed by atoms with Gasteiger partial charge in [0.2, 0.25) is 0 Å². The molecular weight excluding hydrogens is 424 g/mol. The number of nitrogens with zero attached hydrogens (tertiary/aromatic N) is 1. The first-order valence-corrected chi connectivity index (χ1v) is 13.3. The average molecular weight is 469 g/mol. The highest BCUT2D eigenvalue weighted by molar-refractivity contribution is 5.41. The highest BCUT2D eigenvalue weighted by Crippen LogP contribution is 2.31. The molecule has 0 aliphatic heterocycles. The monoisotopic (exact) mass is 468 g/mol. The molecule has 34 heavy (non-hydrogen) atoms. The van der Waals surface area contributed by atoms with E-state index in [1.54, 1.807) is 12.1 Å². The van der Waals surface area contributed by atoms with Crippen LogP contribution < -0.4 is 5.32 Å². The van der Waals surface area contributed by atoms with E-state index in [9.17, 15) is 15.3 Å². The smallest absolute Gasteiger partial charge is 0.157 e. The Morgan fingerprint density at radius 2 is 1.65 bits per heavy atom. The van der Waals surface area contributed by atoms with Crippen LogP contribution in [0.25, 0.3) is 0 Å². The minimum absolute atomic E-state index is 0.0420. The Bertz CT molecular complexity index is 870. The van der Waals surface area contributed by atoms with Crippen LogP contribution in [0.1, 0.15) is 75.0 Å². The van der Waals surface area contributed by atoms with Gasteiger partial charge in [-0.3, -0.25) is 0 Å². The van der Waals surface area contributed by atoms with Crippen LogP contribution >= 0.6 is 0 Å². The number of aromatic hydroxyl groups is 3. The van der Waals surface area contributed by atoms with Crippen molar-refractivity contribution in [2.45, 2.75) is 83.6 Å². The molecule has 3 rings (SSSR count). The minimum Gasteiger partial charge on any atom is -0.508 e. The molecule has 5 heteroatoms. The molecule has 0 amide bonds. The lowest BCUT2D eigenvalue weighted by Gasteiger charge is -2.35. The highest BCUT2D eigenvalue weighted by Gasteiger charge is 2.24. The van der Waals surface area contributed by atoms with Crippen LogP contribution in [-0.2, 0) is 19.3 Å². The normalized spacial score (nSPS) is 15.5. The fourth-order valence-corrected chi connectivity index (χ4v) is 5.20. The van der Waals surface area contributed by atoms with E-state index >= 15 is 0 Å². The number of phenols is 3. The zero-order valence-electron chi connectivity index (χ0n) is 20.9. The SMILES string of the molecule is CCCN(CCCCCCCCNCCc1ccc(O)c(O)c1)[C@H]1CCc2c(O)cccc2C1. The van der Waals surface area contributed by atoms with Crippen molar-refractivity contribution in [2.75, 3.05) is 26.2 Å². The van der Waals surface area contributed by atoms with Crippen molar-refractivity contribution in [3.8, 4) is 17.2 Å². The van der Waals surface area contributed by atoms with Crippen LogP contribution in [0.2, 0.25) is 0 Å². The number of phenolic OH excluding ortho intramolecular Hbond substituents is 3. The van der Waals surface area contributed by atoms with Gasteiger partial charge < -0.3 is 25.5 Å². The number of hydrogen-bond acceptors (Lipinski definition) is 5. The Morgan fingerprint density at radius 3 is 2.44 bits per heavy atom. The fourth-order valence-electron chi connectivity index (χ4n) is 5.20. The van der Waals surface area contributed by atoms with Crippen molar-refractivity contribution >= 4 is 0 Å². The number of rotatable bonds is 15. The van der Waals surface area contributed by atoms with Crippen LogP contribution in [0.4, 0.5) is 0 Å². The zero-order chi connectivity index (χ0) is 24.2. The van der Waals surface area contributed by atoms with Gasteiger partial charge >= 0.3 is 0 Å². The number of hydrogen-bond donors (Lipinski definition) is 4. The summed E-state index contributed by atoms with van der Waals surface area (Å²) in [6.07, 6.45) is 13.0. The molecule has 0 heterocycles. The second-order valence-electron chi connectivity index (χ2n) is 9.79. The van der Waals surface area contributed by atoms with Crippen molar-refractivity contribution in [1.82, 2.24) is 10.2 Å². The Labute approximate surface area is 205 Å². The fraction of sp³-hybridized carbons (Fsp3) is 0.586. The first kappa shape index (κ1) is 26.4. The van der Waals surface area contributed by atoms with E-state index in [0.29, 0.717) is 11.8 Å². The molecule has 0 fully saturated rings. The summed E-state index contributed by atoms with van der Waals surface area (Å²) in [6.45, 7) is 6.57. The van der Waals surface area contributed by atoms with Crippen LogP contribution in [0.3, 0.4) is 0 Å². The molecule has 2 aromatic rings. The number of fused-ring (bicyclic) bond motifs is 1. The maximum atomic E-state index is 10.1. The van der Waals surface area contributed by atoms with Crippen molar-refractivity contribution in [1.29, 1.82) is 0 Å². The second kappa shape index (κ2) is 14.2. The van der Waals surface area contributed by atoms with Crippen molar-refractivity contribution in [3.05, 3.63) is 53.1 Å². The third-order valence-electron chi connectivity index (χ3n) is 7.14. The summed E-state index contributed by atoms with van der Waals surface area (Å²) in [5.74, 6) is 0.376. The van der Waals surface area contributed by atoms with Gasteiger partial charge in [0.05, 0.1) is 0 Å². The van der Waals surface area contributed by atoms with E-state index < -0.39 is 0 Å². The van der Waals surface area contributed by atoms with Gasteiger partial charge in [0, 0.05) is 6.04 Å². The molecule has 1 aliphatic rings. The third-order valence-corrected chi connectivity index (χ3v) is 7.14. The predicted octanol–water partition coefficient (Wildman–Crippen LogP) is 5.55. The van der Waals surface area contributed by atoms with E-state index in [4.69, 9.17) is 0 Å². The van der Waals surface area contributed by atoms with Gasteiger partial charge in [0.25, 0.3) is 0 Å². The summed E-state index contributed by atoms with van der Waals surface area (Å²) < 4.78 is 0. The third kappa shape index (κ3) is 8.21. The minimum atomic E-state index is -0.0595. The van der Waals surface area contributed by atoms with E-state index in [1.165, 1.54) is 69.2 Å². The molecule has 0 aromatic heterocycles. The molecule has 4 N–H and O–H groups in total. The second-order valence-corrected chi connectivity index (χ2v) is 9.79. The largest absolute Gasteiger partial charge is 0.508 e. The van der Waals surface area contributed by atoms with Crippen LogP contribution in [0.5, 0.6) is 17.2 Å². The van der Waals surface area contributed by atoms with Crippen LogP contribution in [0, 0.1) is 0 Å². The van der Waals surface area contributed by atoms with Crippen LogP contribution in [-0.4, -0.2) is 52.4 Å². The topological polar surface area (TPSA) is 76.0 Å². The van der Waals surface area contributed by atoms with Crippen molar-refractivity contribution in [2.24, 2.45) is 0 Å². The molecule has 1 aliphatic carbocycles. The summed E-state index contributed by atoms with van der Waals surface area (Å²) in [5.41, 5.74) is 3.55. The Morgan fingerprint density at radius 1 is 0.853 bits per heavy atom. The number of benzene rings is 2. The van der Waals surface area contributed by atoms with E-state index in [2.05, 4.69) is 23.2 Å². The molecule has 0 bridgehead atoms. The predicted molar refractivity (Wildman–Crippen MR) is 140 cm³/mol. The maximum absolute atomic E-state index is 10.1. The lowest BCUT2D eigenvalue weighted by molar-refractivity contribution is 0.175. The maximum Gasteiger partial charge on any atom is 0.157 e. The van der Waals surface area contributed by atoms with Gasteiger partial charge in [-0.2, -0.15) is 0 Å². The summed E-state index contributed by atoms with van der Waals surface area (Å²) >= 11 is 0. The lowest BCUT2D eigenvalue weighted by Crippen LogP contribution is -2.40. The molecule has 0 spiro atoms. The van der Waals surface area contributed by atoms with Crippen molar-refractivity contribution in [3.63, 3.8) is 0 Å². The summed E-state index contributed by atoms with van der Waals surface area (Å²) in [7, 11) is 0. The lowest BCUT2D eigenvalue weighted by atomic mass is 9.86. The van der Waals surface area contributed by atoms with Gasteiger partial charge in [-0.05, 0) is 106 Å². The van der Waals surface area contributed by atoms with Gasteiger partial charge in [-0.25, -0.2) is 0 Å². The molecule has 188 valence electrons. The van der Waals surface area contributed by atoms with Gasteiger partial charge in [0.1, 0.15) is 5.75 Å². The highest BCUT2D eigenvalue weighted by atomic mass is 16.3. The van der Waals surface area contributed by atoms with E-state index in [0.717, 1.165) is 44.3 Å². The molecule has 1 atom stereocenters. The first-order valence-electron chi connectivity index (χ1n) is 13.3. The summed E-state index contributed by atoms with van der Waals surface area (Å²) in [5, 5.41) is 32.5. The summed E-state index contributed by atoms with van der Waals surface area (Å²) in [4.78, 5) is 2.70. The van der Waals surface area contributed by atoms with Crippen LogP contribution in [0.15, 0.2) is 36.4 Å². The molecule has 2 aromatic carbocycles. The Kier molecular flexibility index (Phi) is 11.0. The average Bonchev–Trinajstić information content (AvgIpc) is 2.84. The van der Waals surface area contributed by atoms with E-state index in [1.807, 2.05) is 18.2 Å².